The lowest BCUT2D eigenvalue weighted by Gasteiger charge is -2.51. The third kappa shape index (κ3) is 3.81. The van der Waals surface area contributed by atoms with Crippen LogP contribution in [0.3, 0.4) is 0 Å². The van der Waals surface area contributed by atoms with Crippen LogP contribution >= 0.6 is 0 Å². The van der Waals surface area contributed by atoms with Gasteiger partial charge in [0, 0.05) is 6.42 Å². The molecule has 1 saturated heterocycles. The number of hydrogen-bond donors (Lipinski definition) is 6. The van der Waals surface area contributed by atoms with Crippen LogP contribution in [-0.2, 0) is 4.74 Å². The van der Waals surface area contributed by atoms with Crippen molar-refractivity contribution in [2.75, 3.05) is 11.9 Å². The molecule has 3 fully saturated rings. The van der Waals surface area contributed by atoms with Crippen LogP contribution < -0.4 is 10.9 Å². The van der Waals surface area contributed by atoms with Gasteiger partial charge < -0.3 is 30.5 Å². The highest BCUT2D eigenvalue weighted by Crippen LogP contribution is 2.62. The minimum absolute atomic E-state index is 0.0869. The Labute approximate surface area is 224 Å². The van der Waals surface area contributed by atoms with Gasteiger partial charge in [-0.15, -0.1) is 0 Å². The fraction of sp³-hybridized carbons (Fsp3) is 0.607. The predicted molar refractivity (Wildman–Crippen MR) is 141 cm³/mol. The molecule has 2 aromatic heterocycles. The summed E-state index contributed by atoms with van der Waals surface area (Å²) in [5, 5.41) is 44.4. The molecule has 0 radical (unpaired) electrons. The van der Waals surface area contributed by atoms with Gasteiger partial charge in [0.05, 0.1) is 31.2 Å². The lowest BCUT2D eigenvalue weighted by Crippen LogP contribution is -2.45. The normalized spacial score (nSPS) is 37.4. The van der Waals surface area contributed by atoms with E-state index in [0.717, 1.165) is 37.7 Å². The second kappa shape index (κ2) is 9.02. The minimum Gasteiger partial charge on any atom is -0.508 e. The highest BCUT2D eigenvalue weighted by atomic mass is 16.5. The van der Waals surface area contributed by atoms with Gasteiger partial charge >= 0.3 is 0 Å². The summed E-state index contributed by atoms with van der Waals surface area (Å²) in [7, 11) is 0. The van der Waals surface area contributed by atoms with E-state index >= 15 is 0 Å². The van der Waals surface area contributed by atoms with Crippen molar-refractivity contribution in [3.05, 3.63) is 46.0 Å². The monoisotopic (exact) mass is 537 g/mol. The first kappa shape index (κ1) is 25.0. The highest BCUT2D eigenvalue weighted by molar-refractivity contribution is 5.71. The second-order valence-electron chi connectivity index (χ2n) is 12.1. The van der Waals surface area contributed by atoms with Gasteiger partial charge in [-0.2, -0.15) is 4.98 Å². The molecule has 1 aliphatic heterocycles. The van der Waals surface area contributed by atoms with Gasteiger partial charge in [-0.05, 0) is 78.5 Å². The zero-order chi connectivity index (χ0) is 27.1. The first-order valence-electron chi connectivity index (χ1n) is 14.0. The third-order valence-electron chi connectivity index (χ3n) is 10.2. The summed E-state index contributed by atoms with van der Waals surface area (Å²) in [4.78, 5) is 24.8. The van der Waals surface area contributed by atoms with Crippen molar-refractivity contribution in [1.82, 2.24) is 19.5 Å². The molecule has 0 amide bonds. The van der Waals surface area contributed by atoms with E-state index in [4.69, 9.17) is 9.72 Å². The number of fused-ring (bicyclic) bond motifs is 6. The first-order valence-corrected chi connectivity index (χ1v) is 14.0. The molecule has 3 heterocycles. The number of hydrogen-bond acceptors (Lipinski definition) is 9. The van der Waals surface area contributed by atoms with Crippen molar-refractivity contribution < 1.29 is 25.2 Å². The van der Waals surface area contributed by atoms with E-state index in [2.05, 4.69) is 22.2 Å². The lowest BCUT2D eigenvalue weighted by molar-refractivity contribution is -0.0432. The number of aliphatic hydroxyl groups excluding tert-OH is 3. The molecule has 0 bridgehead atoms. The Morgan fingerprint density at radius 2 is 2.05 bits per heavy atom. The summed E-state index contributed by atoms with van der Waals surface area (Å²) in [6, 6.07) is 5.38. The van der Waals surface area contributed by atoms with Crippen LogP contribution in [0.25, 0.3) is 11.2 Å². The number of aromatic nitrogens is 4. The lowest BCUT2D eigenvalue weighted by atomic mass is 9.54. The average molecular weight is 538 g/mol. The van der Waals surface area contributed by atoms with Crippen molar-refractivity contribution in [1.29, 1.82) is 0 Å². The molecule has 3 aromatic rings. The Hall–Kier alpha value is -2.99. The molecule has 11 heteroatoms. The largest absolute Gasteiger partial charge is 0.508 e. The van der Waals surface area contributed by atoms with E-state index in [0.29, 0.717) is 23.4 Å². The van der Waals surface area contributed by atoms with Gasteiger partial charge in [0.15, 0.2) is 11.2 Å². The number of ether oxygens (including phenoxy) is 1. The van der Waals surface area contributed by atoms with E-state index < -0.39 is 24.0 Å². The summed E-state index contributed by atoms with van der Waals surface area (Å²) in [6.45, 7) is 1.93. The molecule has 2 saturated carbocycles. The second-order valence-corrected chi connectivity index (χ2v) is 12.1. The fourth-order valence-electron chi connectivity index (χ4n) is 8.13. The number of imidazole rings is 1. The SMILES string of the molecule is C[C@]12CCC3c4ccc(O)cc4C(Nc4nc5c(ncn5[C@H]5C[C@H](O)[C@@H](CO)O5)c(=O)[nH]4)CC3C1CC[C@@H]2O. The molecule has 0 spiro atoms. The maximum Gasteiger partial charge on any atom is 0.280 e. The molecule has 4 aliphatic rings. The molecule has 39 heavy (non-hydrogen) atoms. The zero-order valence-electron chi connectivity index (χ0n) is 21.8. The van der Waals surface area contributed by atoms with Crippen molar-refractivity contribution in [3.8, 4) is 5.75 Å². The molecule has 11 nitrogen and oxygen atoms in total. The molecule has 6 N–H and O–H groups in total. The molecular formula is C28H35N5O6. The summed E-state index contributed by atoms with van der Waals surface area (Å²) in [6.07, 6.45) is 3.92. The van der Waals surface area contributed by atoms with E-state index in [1.807, 2.05) is 12.1 Å². The van der Waals surface area contributed by atoms with Gasteiger partial charge in [-0.1, -0.05) is 13.0 Å². The molecule has 7 rings (SSSR count). The number of anilines is 1. The van der Waals surface area contributed by atoms with E-state index in [-0.39, 0.29) is 47.8 Å². The van der Waals surface area contributed by atoms with Gasteiger partial charge in [0.2, 0.25) is 5.95 Å². The number of rotatable bonds is 4. The maximum atomic E-state index is 13.0. The number of nitrogens with one attached hydrogen (secondary N) is 2. The summed E-state index contributed by atoms with van der Waals surface area (Å²) in [5.74, 6) is 1.61. The number of nitrogens with zero attached hydrogens (tertiary/aromatic N) is 3. The molecular weight excluding hydrogens is 502 g/mol. The smallest absolute Gasteiger partial charge is 0.280 e. The fourth-order valence-corrected chi connectivity index (χ4v) is 8.13. The van der Waals surface area contributed by atoms with Crippen LogP contribution in [0.15, 0.2) is 29.3 Å². The summed E-state index contributed by atoms with van der Waals surface area (Å²) >= 11 is 0. The number of phenols is 1. The molecule has 208 valence electrons. The van der Waals surface area contributed by atoms with Crippen molar-refractivity contribution in [2.45, 2.75) is 81.9 Å². The van der Waals surface area contributed by atoms with Crippen LogP contribution in [0.1, 0.15) is 74.8 Å². The Morgan fingerprint density at radius 3 is 2.85 bits per heavy atom. The van der Waals surface area contributed by atoms with Crippen LogP contribution in [-0.4, -0.2) is 64.9 Å². The van der Waals surface area contributed by atoms with Gasteiger partial charge in [-0.25, -0.2) is 4.98 Å². The highest BCUT2D eigenvalue weighted by Gasteiger charge is 2.55. The Morgan fingerprint density at radius 1 is 1.21 bits per heavy atom. The first-order chi connectivity index (χ1) is 18.8. The predicted octanol–water partition coefficient (Wildman–Crippen LogP) is 2.29. The van der Waals surface area contributed by atoms with Crippen LogP contribution in [0, 0.1) is 17.3 Å². The van der Waals surface area contributed by atoms with Gasteiger partial charge in [-0.3, -0.25) is 14.3 Å². The number of H-pyrrole nitrogens is 1. The van der Waals surface area contributed by atoms with Gasteiger partial charge in [0.25, 0.3) is 5.56 Å². The molecule has 3 aliphatic carbocycles. The minimum atomic E-state index is -0.827. The topological polar surface area (TPSA) is 166 Å². The maximum absolute atomic E-state index is 13.0. The van der Waals surface area contributed by atoms with E-state index in [9.17, 15) is 25.2 Å². The van der Waals surface area contributed by atoms with Gasteiger partial charge in [0.1, 0.15) is 18.1 Å². The molecule has 4 unspecified atom stereocenters. The number of aromatic amines is 1. The van der Waals surface area contributed by atoms with Crippen LogP contribution in [0.5, 0.6) is 5.75 Å². The van der Waals surface area contributed by atoms with Crippen molar-refractivity contribution in [3.63, 3.8) is 0 Å². The quantitative estimate of drug-likeness (QED) is 0.293. The van der Waals surface area contributed by atoms with Crippen LogP contribution in [0.2, 0.25) is 0 Å². The van der Waals surface area contributed by atoms with E-state index in [1.165, 1.54) is 11.9 Å². The average Bonchev–Trinajstić information content (AvgIpc) is 3.59. The number of aromatic hydroxyl groups is 1. The molecule has 1 aromatic carbocycles. The number of phenolic OH excluding ortho intramolecular Hbond substituents is 1. The van der Waals surface area contributed by atoms with E-state index in [1.54, 1.807) is 10.6 Å². The number of benzene rings is 1. The Balaban J connectivity index is 1.25. The van der Waals surface area contributed by atoms with Crippen molar-refractivity contribution in [2.24, 2.45) is 17.3 Å². The Bertz CT molecular complexity index is 1470. The van der Waals surface area contributed by atoms with Crippen molar-refractivity contribution >= 4 is 17.1 Å². The number of aliphatic hydroxyl groups is 3. The standard InChI is InChI=1S/C28H35N5O6/c1-28-7-6-15-14-3-2-13(35)8-17(14)19(9-16(15)18(28)4-5-22(28)37)30-27-31-25-24(26(38)32-27)29-12-33(25)23-10-20(36)21(11-34)39-23/h2-3,8,12,15-16,18-23,34-37H,4-7,9-11H2,1H3,(H2,30,31,32,38)/t15?,16?,18?,19?,20-,21+,22-,23+,28-/m0/s1. The summed E-state index contributed by atoms with van der Waals surface area (Å²) < 4.78 is 7.41. The third-order valence-corrected chi connectivity index (χ3v) is 10.2. The zero-order valence-corrected chi connectivity index (χ0v) is 21.8. The summed E-state index contributed by atoms with van der Waals surface area (Å²) in [5.41, 5.74) is 2.22. The van der Waals surface area contributed by atoms with Crippen LogP contribution in [0.4, 0.5) is 5.95 Å². The molecule has 9 atom stereocenters. The Kier molecular flexibility index (Phi) is 5.78.